The van der Waals surface area contributed by atoms with Gasteiger partial charge in [-0.3, -0.25) is 4.79 Å². The largest absolute Gasteiger partial charge is 0.384 e. The lowest BCUT2D eigenvalue weighted by Crippen LogP contribution is -2.21. The first-order chi connectivity index (χ1) is 9.60. The van der Waals surface area contributed by atoms with E-state index in [0.717, 1.165) is 9.75 Å². The van der Waals surface area contributed by atoms with Crippen molar-refractivity contribution in [1.82, 2.24) is 5.32 Å². The number of carbonyl (C=O) groups is 1. The van der Waals surface area contributed by atoms with Crippen molar-refractivity contribution in [3.8, 4) is 11.8 Å². The molecule has 0 saturated heterocycles. The molecule has 2 aromatic heterocycles. The number of hydrogen-bond acceptors (Lipinski definition) is 4. The van der Waals surface area contributed by atoms with Crippen LogP contribution in [0.2, 0.25) is 0 Å². The van der Waals surface area contributed by atoms with E-state index < -0.39 is 0 Å². The SMILES string of the molecule is Cc1cc(CNC(=O)c2csc(C#CCO)c2)sc1C. The summed E-state index contributed by atoms with van der Waals surface area (Å²) >= 11 is 3.11. The average Bonchev–Trinajstić information content (AvgIpc) is 3.01. The summed E-state index contributed by atoms with van der Waals surface area (Å²) in [5, 5.41) is 13.3. The summed E-state index contributed by atoms with van der Waals surface area (Å²) in [7, 11) is 0. The van der Waals surface area contributed by atoms with Gasteiger partial charge in [0.1, 0.15) is 6.61 Å². The number of rotatable bonds is 3. The zero-order valence-electron chi connectivity index (χ0n) is 11.3. The zero-order chi connectivity index (χ0) is 14.5. The van der Waals surface area contributed by atoms with Gasteiger partial charge in [-0.15, -0.1) is 22.7 Å². The number of hydrogen-bond donors (Lipinski definition) is 2. The van der Waals surface area contributed by atoms with Crippen LogP contribution >= 0.6 is 22.7 Å². The van der Waals surface area contributed by atoms with Crippen molar-refractivity contribution < 1.29 is 9.90 Å². The van der Waals surface area contributed by atoms with Crippen molar-refractivity contribution in [3.63, 3.8) is 0 Å². The monoisotopic (exact) mass is 305 g/mol. The maximum Gasteiger partial charge on any atom is 0.252 e. The number of aryl methyl sites for hydroxylation is 2. The van der Waals surface area contributed by atoms with Gasteiger partial charge in [-0.2, -0.15) is 0 Å². The molecule has 2 aromatic rings. The van der Waals surface area contributed by atoms with Gasteiger partial charge in [-0.05, 0) is 31.5 Å². The van der Waals surface area contributed by atoms with Gasteiger partial charge in [0.25, 0.3) is 5.91 Å². The van der Waals surface area contributed by atoms with Crippen molar-refractivity contribution in [3.05, 3.63) is 43.3 Å². The highest BCUT2D eigenvalue weighted by atomic mass is 32.1. The molecule has 0 bridgehead atoms. The first-order valence-corrected chi connectivity index (χ1v) is 7.82. The molecule has 2 N–H and O–H groups in total. The molecular weight excluding hydrogens is 290 g/mol. The standard InChI is InChI=1S/C15H15NO2S2/c1-10-6-14(20-11(10)2)8-16-15(18)12-7-13(19-9-12)4-3-5-17/h6-7,9,17H,5,8H2,1-2H3,(H,16,18). The van der Waals surface area contributed by atoms with E-state index in [9.17, 15) is 4.79 Å². The number of thiophene rings is 2. The molecule has 0 aliphatic rings. The van der Waals surface area contributed by atoms with Crippen LogP contribution in [0.25, 0.3) is 0 Å². The van der Waals surface area contributed by atoms with Crippen LogP contribution in [0, 0.1) is 25.7 Å². The molecule has 1 amide bonds. The van der Waals surface area contributed by atoms with Gasteiger partial charge in [0.2, 0.25) is 0 Å². The molecule has 0 spiro atoms. The van der Waals surface area contributed by atoms with Crippen LogP contribution in [0.4, 0.5) is 0 Å². The molecule has 0 aliphatic carbocycles. The molecule has 20 heavy (non-hydrogen) atoms. The Labute approximate surface area is 126 Å². The molecule has 0 atom stereocenters. The van der Waals surface area contributed by atoms with Crippen LogP contribution in [0.5, 0.6) is 0 Å². The lowest BCUT2D eigenvalue weighted by atomic mass is 10.2. The summed E-state index contributed by atoms with van der Waals surface area (Å²) in [6.07, 6.45) is 0. The van der Waals surface area contributed by atoms with Crippen molar-refractivity contribution in [2.75, 3.05) is 6.61 Å². The first-order valence-electron chi connectivity index (χ1n) is 6.12. The summed E-state index contributed by atoms with van der Waals surface area (Å²) in [4.78, 5) is 15.2. The molecule has 0 saturated carbocycles. The third kappa shape index (κ3) is 3.70. The molecule has 0 unspecified atom stereocenters. The summed E-state index contributed by atoms with van der Waals surface area (Å²) < 4.78 is 0. The maximum absolute atomic E-state index is 12.0. The molecule has 2 rings (SSSR count). The van der Waals surface area contributed by atoms with Crippen molar-refractivity contribution >= 4 is 28.6 Å². The Morgan fingerprint density at radius 1 is 1.40 bits per heavy atom. The highest BCUT2D eigenvalue weighted by Gasteiger charge is 2.09. The van der Waals surface area contributed by atoms with E-state index in [-0.39, 0.29) is 12.5 Å². The summed E-state index contributed by atoms with van der Waals surface area (Å²) in [5.41, 5.74) is 1.87. The van der Waals surface area contributed by atoms with E-state index in [2.05, 4.69) is 37.1 Å². The molecule has 0 aliphatic heterocycles. The number of aliphatic hydroxyl groups is 1. The van der Waals surface area contributed by atoms with Crippen LogP contribution < -0.4 is 5.32 Å². The summed E-state index contributed by atoms with van der Waals surface area (Å²) in [5.74, 6) is 5.27. The third-order valence-electron chi connectivity index (χ3n) is 2.79. The highest BCUT2D eigenvalue weighted by Crippen LogP contribution is 2.20. The van der Waals surface area contributed by atoms with E-state index in [1.54, 1.807) is 22.8 Å². The molecule has 104 valence electrons. The van der Waals surface area contributed by atoms with Gasteiger partial charge >= 0.3 is 0 Å². The Balaban J connectivity index is 1.96. The first kappa shape index (κ1) is 14.8. The van der Waals surface area contributed by atoms with Crippen LogP contribution in [0.1, 0.15) is 30.6 Å². The minimum atomic E-state index is -0.170. The molecule has 0 radical (unpaired) electrons. The molecule has 3 nitrogen and oxygen atoms in total. The fraction of sp³-hybridized carbons (Fsp3) is 0.267. The van der Waals surface area contributed by atoms with Gasteiger partial charge in [-0.25, -0.2) is 0 Å². The van der Waals surface area contributed by atoms with Gasteiger partial charge in [-0.1, -0.05) is 11.8 Å². The van der Waals surface area contributed by atoms with Gasteiger partial charge in [0.05, 0.1) is 17.0 Å². The normalized spacial score (nSPS) is 9.95. The van der Waals surface area contributed by atoms with Crippen molar-refractivity contribution in [1.29, 1.82) is 0 Å². The fourth-order valence-electron chi connectivity index (χ4n) is 1.65. The van der Waals surface area contributed by atoms with Crippen molar-refractivity contribution in [2.45, 2.75) is 20.4 Å². The fourth-order valence-corrected chi connectivity index (χ4v) is 3.40. The number of aliphatic hydroxyl groups excluding tert-OH is 1. The minimum absolute atomic E-state index is 0.0954. The van der Waals surface area contributed by atoms with Gasteiger partial charge in [0.15, 0.2) is 0 Å². The second-order valence-electron chi connectivity index (χ2n) is 4.29. The van der Waals surface area contributed by atoms with E-state index >= 15 is 0 Å². The van der Waals surface area contributed by atoms with Crippen LogP contribution in [-0.4, -0.2) is 17.6 Å². The Morgan fingerprint density at radius 3 is 2.85 bits per heavy atom. The number of amides is 1. The molecular formula is C15H15NO2S2. The second kappa shape index (κ2) is 6.71. The van der Waals surface area contributed by atoms with Crippen LogP contribution in [0.3, 0.4) is 0 Å². The topological polar surface area (TPSA) is 49.3 Å². The predicted octanol–water partition coefficient (Wildman–Crippen LogP) is 2.70. The lowest BCUT2D eigenvalue weighted by molar-refractivity contribution is 0.0951. The Morgan fingerprint density at radius 2 is 2.20 bits per heavy atom. The smallest absolute Gasteiger partial charge is 0.252 e. The van der Waals surface area contributed by atoms with E-state index in [1.807, 2.05) is 0 Å². The average molecular weight is 305 g/mol. The quantitative estimate of drug-likeness (QED) is 0.857. The molecule has 0 aromatic carbocycles. The lowest BCUT2D eigenvalue weighted by Gasteiger charge is -2.00. The number of carbonyl (C=O) groups excluding carboxylic acids is 1. The van der Waals surface area contributed by atoms with E-state index in [4.69, 9.17) is 5.11 Å². The summed E-state index contributed by atoms with van der Waals surface area (Å²) in [6, 6.07) is 3.85. The highest BCUT2D eigenvalue weighted by molar-refractivity contribution is 7.12. The predicted molar refractivity (Wildman–Crippen MR) is 83.2 cm³/mol. The van der Waals surface area contributed by atoms with Crippen LogP contribution in [-0.2, 0) is 6.54 Å². The molecule has 0 fully saturated rings. The maximum atomic E-state index is 12.0. The number of nitrogens with one attached hydrogen (secondary N) is 1. The van der Waals surface area contributed by atoms with Gasteiger partial charge in [0, 0.05) is 15.1 Å². The van der Waals surface area contributed by atoms with Crippen molar-refractivity contribution in [2.24, 2.45) is 0 Å². The molecule has 5 heteroatoms. The second-order valence-corrected chi connectivity index (χ2v) is 6.55. The van der Waals surface area contributed by atoms with Crippen LogP contribution in [0.15, 0.2) is 17.5 Å². The summed E-state index contributed by atoms with van der Waals surface area (Å²) in [6.45, 7) is 4.53. The minimum Gasteiger partial charge on any atom is -0.384 e. The van der Waals surface area contributed by atoms with Gasteiger partial charge < -0.3 is 10.4 Å². The Hall–Kier alpha value is -1.61. The Bertz CT molecular complexity index is 654. The van der Waals surface area contributed by atoms with E-state index in [0.29, 0.717) is 12.1 Å². The zero-order valence-corrected chi connectivity index (χ0v) is 13.0. The van der Waals surface area contributed by atoms with E-state index in [1.165, 1.54) is 21.8 Å². The Kier molecular flexibility index (Phi) is 4.96. The molecule has 2 heterocycles. The third-order valence-corrected chi connectivity index (χ3v) is 4.79.